The van der Waals surface area contributed by atoms with E-state index >= 15 is 0 Å². The predicted octanol–water partition coefficient (Wildman–Crippen LogP) is 5.87. The standard InChI is InChI=1S/C30H36ClN3O4/c1-19(20-8-10-21(11-9-20)27(37)32-17-14-25(35)36)34-28(38)26(22-6-5-7-24(31)18-22)33-30(34)15-12-23(13-16-30)29(2,3)4/h5-11,18-19,23H,12-17H2,1-4H3,(H,32,37)(H,35,36)/t19-,23?,30?/m1/s1. The van der Waals surface area contributed by atoms with Crippen LogP contribution in [-0.4, -0.2) is 45.7 Å². The van der Waals surface area contributed by atoms with Gasteiger partial charge in [-0.05, 0) is 73.8 Å². The molecular weight excluding hydrogens is 502 g/mol. The number of benzene rings is 2. The number of hydrogen-bond donors (Lipinski definition) is 2. The van der Waals surface area contributed by atoms with E-state index in [1.54, 1.807) is 24.3 Å². The summed E-state index contributed by atoms with van der Waals surface area (Å²) >= 11 is 6.26. The number of carbonyl (C=O) groups is 3. The zero-order valence-corrected chi connectivity index (χ0v) is 23.2. The fourth-order valence-electron chi connectivity index (χ4n) is 5.72. The summed E-state index contributed by atoms with van der Waals surface area (Å²) in [6.45, 7) is 8.89. The number of aliphatic imine (C=N–C) groups is 1. The Hall–Kier alpha value is -3.19. The van der Waals surface area contributed by atoms with Crippen molar-refractivity contribution in [1.29, 1.82) is 0 Å². The van der Waals surface area contributed by atoms with Gasteiger partial charge in [0.1, 0.15) is 11.4 Å². The van der Waals surface area contributed by atoms with Crippen molar-refractivity contribution in [2.24, 2.45) is 16.3 Å². The lowest BCUT2D eigenvalue weighted by Crippen LogP contribution is -2.50. The normalized spacial score (nSPS) is 22.3. The molecule has 4 rings (SSSR count). The van der Waals surface area contributed by atoms with Crippen LogP contribution in [0.2, 0.25) is 5.02 Å². The van der Waals surface area contributed by atoms with Gasteiger partial charge in [-0.3, -0.25) is 19.4 Å². The molecule has 1 aliphatic heterocycles. The minimum absolute atomic E-state index is 0.0658. The van der Waals surface area contributed by atoms with Crippen LogP contribution in [0.4, 0.5) is 0 Å². The van der Waals surface area contributed by atoms with Gasteiger partial charge in [-0.15, -0.1) is 0 Å². The third kappa shape index (κ3) is 5.78. The lowest BCUT2D eigenvalue weighted by molar-refractivity contribution is -0.137. The molecule has 0 bridgehead atoms. The second-order valence-corrected chi connectivity index (χ2v) is 11.9. The number of nitrogens with one attached hydrogen (secondary N) is 1. The molecule has 1 aliphatic carbocycles. The van der Waals surface area contributed by atoms with Crippen molar-refractivity contribution >= 4 is 35.1 Å². The van der Waals surface area contributed by atoms with Crippen molar-refractivity contribution in [1.82, 2.24) is 10.2 Å². The summed E-state index contributed by atoms with van der Waals surface area (Å²) in [5.41, 5.74) is 2.09. The van der Waals surface area contributed by atoms with E-state index in [0.717, 1.165) is 36.8 Å². The van der Waals surface area contributed by atoms with Crippen molar-refractivity contribution in [3.63, 3.8) is 0 Å². The SMILES string of the molecule is C[C@H](c1ccc(C(=O)NCCC(=O)O)cc1)N1C(=O)C(c2cccc(Cl)c2)=NC12CCC(C(C)(C)C)CC2. The number of aliphatic carboxylic acids is 1. The first-order valence-corrected chi connectivity index (χ1v) is 13.6. The molecular formula is C30H36ClN3O4. The number of halogens is 1. The maximum Gasteiger partial charge on any atom is 0.305 e. The average molecular weight is 538 g/mol. The summed E-state index contributed by atoms with van der Waals surface area (Å²) in [7, 11) is 0. The average Bonchev–Trinajstić information content (AvgIpc) is 3.14. The van der Waals surface area contributed by atoms with Crippen molar-refractivity contribution in [2.45, 2.75) is 71.5 Å². The molecule has 8 heteroatoms. The van der Waals surface area contributed by atoms with E-state index in [-0.39, 0.29) is 36.2 Å². The summed E-state index contributed by atoms with van der Waals surface area (Å²) < 4.78 is 0. The highest BCUT2D eigenvalue weighted by atomic mass is 35.5. The maximum absolute atomic E-state index is 14.0. The van der Waals surface area contributed by atoms with E-state index in [1.807, 2.05) is 36.1 Å². The van der Waals surface area contributed by atoms with Gasteiger partial charge in [0.25, 0.3) is 11.8 Å². The van der Waals surface area contributed by atoms with Crippen LogP contribution in [0.25, 0.3) is 0 Å². The summed E-state index contributed by atoms with van der Waals surface area (Å²) in [6, 6.07) is 14.2. The highest BCUT2D eigenvalue weighted by molar-refractivity contribution is 6.47. The molecule has 1 spiro atoms. The van der Waals surface area contributed by atoms with Gasteiger partial charge < -0.3 is 15.3 Å². The Morgan fingerprint density at radius 2 is 1.82 bits per heavy atom. The summed E-state index contributed by atoms with van der Waals surface area (Å²) in [6.07, 6.45) is 3.42. The van der Waals surface area contributed by atoms with Crippen molar-refractivity contribution in [3.05, 3.63) is 70.2 Å². The Morgan fingerprint density at radius 3 is 2.39 bits per heavy atom. The molecule has 0 unspecified atom stereocenters. The number of hydrogen-bond acceptors (Lipinski definition) is 4. The van der Waals surface area contributed by atoms with Crippen molar-refractivity contribution in [3.8, 4) is 0 Å². The van der Waals surface area contributed by atoms with Crippen molar-refractivity contribution in [2.75, 3.05) is 6.54 Å². The van der Waals surface area contributed by atoms with Gasteiger partial charge in [0.2, 0.25) is 0 Å². The summed E-state index contributed by atoms with van der Waals surface area (Å²) in [5, 5.41) is 12.0. The Labute approximate surface area is 229 Å². The molecule has 202 valence electrons. The fourth-order valence-corrected chi connectivity index (χ4v) is 5.91. The topological polar surface area (TPSA) is 99.1 Å². The second kappa shape index (κ2) is 10.9. The van der Waals surface area contributed by atoms with Crippen LogP contribution in [0.3, 0.4) is 0 Å². The van der Waals surface area contributed by atoms with E-state index in [9.17, 15) is 14.4 Å². The van der Waals surface area contributed by atoms with Crippen molar-refractivity contribution < 1.29 is 19.5 Å². The molecule has 2 aromatic carbocycles. The Morgan fingerprint density at radius 1 is 1.16 bits per heavy atom. The number of carboxylic acids is 1. The van der Waals surface area contributed by atoms with E-state index < -0.39 is 11.6 Å². The number of amides is 2. The molecule has 7 nitrogen and oxygen atoms in total. The molecule has 2 N–H and O–H groups in total. The van der Waals surface area contributed by atoms with Gasteiger partial charge in [0.15, 0.2) is 0 Å². The number of carboxylic acid groups (broad SMARTS) is 1. The van der Waals surface area contributed by atoms with Gasteiger partial charge in [-0.1, -0.05) is 56.6 Å². The predicted molar refractivity (Wildman–Crippen MR) is 148 cm³/mol. The molecule has 2 aromatic rings. The number of carbonyl (C=O) groups excluding carboxylic acids is 2. The molecule has 0 saturated heterocycles. The zero-order chi connectivity index (χ0) is 27.7. The smallest absolute Gasteiger partial charge is 0.305 e. The van der Waals surface area contributed by atoms with E-state index in [1.165, 1.54) is 0 Å². The third-order valence-corrected chi connectivity index (χ3v) is 8.20. The first kappa shape index (κ1) is 27.8. The number of rotatable bonds is 7. The minimum Gasteiger partial charge on any atom is -0.481 e. The Balaban J connectivity index is 1.61. The molecule has 38 heavy (non-hydrogen) atoms. The molecule has 1 atom stereocenters. The van der Waals surface area contributed by atoms with Crippen LogP contribution in [-0.2, 0) is 9.59 Å². The molecule has 2 amide bonds. The molecule has 2 aliphatic rings. The monoisotopic (exact) mass is 537 g/mol. The molecule has 1 heterocycles. The fraction of sp³-hybridized carbons (Fsp3) is 0.467. The van der Waals surface area contributed by atoms with Crippen LogP contribution in [0, 0.1) is 11.3 Å². The van der Waals surface area contributed by atoms with Crippen LogP contribution in [0.15, 0.2) is 53.5 Å². The van der Waals surface area contributed by atoms with E-state index in [4.69, 9.17) is 21.7 Å². The first-order valence-electron chi connectivity index (χ1n) is 13.2. The van der Waals surface area contributed by atoms with Gasteiger partial charge >= 0.3 is 5.97 Å². The molecule has 1 saturated carbocycles. The van der Waals surface area contributed by atoms with Crippen LogP contribution < -0.4 is 5.32 Å². The highest BCUT2D eigenvalue weighted by Gasteiger charge is 2.51. The second-order valence-electron chi connectivity index (χ2n) is 11.5. The van der Waals surface area contributed by atoms with Crippen LogP contribution in [0.1, 0.15) is 87.3 Å². The van der Waals surface area contributed by atoms with Gasteiger partial charge in [-0.25, -0.2) is 0 Å². The van der Waals surface area contributed by atoms with Gasteiger partial charge in [-0.2, -0.15) is 0 Å². The van der Waals surface area contributed by atoms with Gasteiger partial charge in [0, 0.05) is 22.7 Å². The molecule has 0 aromatic heterocycles. The third-order valence-electron chi connectivity index (χ3n) is 7.97. The largest absolute Gasteiger partial charge is 0.481 e. The Bertz CT molecular complexity index is 1240. The zero-order valence-electron chi connectivity index (χ0n) is 22.5. The van der Waals surface area contributed by atoms with E-state index in [0.29, 0.717) is 22.2 Å². The molecule has 1 fully saturated rings. The highest BCUT2D eigenvalue weighted by Crippen LogP contribution is 2.49. The van der Waals surface area contributed by atoms with E-state index in [2.05, 4.69) is 26.1 Å². The first-order chi connectivity index (χ1) is 17.9. The lowest BCUT2D eigenvalue weighted by atomic mass is 9.69. The van der Waals surface area contributed by atoms with Crippen LogP contribution >= 0.6 is 11.6 Å². The summed E-state index contributed by atoms with van der Waals surface area (Å²) in [5.74, 6) is -0.838. The quantitative estimate of drug-likeness (QED) is 0.461. The number of nitrogens with zero attached hydrogens (tertiary/aromatic N) is 2. The minimum atomic E-state index is -0.963. The van der Waals surface area contributed by atoms with Crippen LogP contribution in [0.5, 0.6) is 0 Å². The molecule has 0 radical (unpaired) electrons. The van der Waals surface area contributed by atoms with Gasteiger partial charge in [0.05, 0.1) is 12.5 Å². The maximum atomic E-state index is 14.0. The summed E-state index contributed by atoms with van der Waals surface area (Å²) in [4.78, 5) is 44.2. The Kier molecular flexibility index (Phi) is 7.98. The lowest BCUT2D eigenvalue weighted by Gasteiger charge is -2.46.